The van der Waals surface area contributed by atoms with Crippen molar-refractivity contribution in [1.82, 2.24) is 4.98 Å². The number of aldehydes is 1. The maximum atomic E-state index is 10.9. The predicted molar refractivity (Wildman–Crippen MR) is 76.7 cm³/mol. The molecule has 0 spiro atoms. The van der Waals surface area contributed by atoms with Crippen molar-refractivity contribution in [3.63, 3.8) is 0 Å². The van der Waals surface area contributed by atoms with Gasteiger partial charge in [0.15, 0.2) is 11.4 Å². The van der Waals surface area contributed by atoms with E-state index in [1.165, 1.54) is 43.4 Å². The van der Waals surface area contributed by atoms with Crippen LogP contribution in [-0.2, 0) is 0 Å². The number of carbonyl (C=O) groups is 1. The molecule has 1 aromatic rings. The third-order valence-electron chi connectivity index (χ3n) is 3.74. The number of aryl methyl sites for hydroxylation is 1. The molecule has 18 heavy (non-hydrogen) atoms. The van der Waals surface area contributed by atoms with Gasteiger partial charge in [0.05, 0.1) is 10.6 Å². The largest absolute Gasteiger partial charge is 0.348 e. The Balaban J connectivity index is 2.02. The fourth-order valence-corrected chi connectivity index (χ4v) is 3.62. The van der Waals surface area contributed by atoms with Crippen LogP contribution in [0.3, 0.4) is 0 Å². The van der Waals surface area contributed by atoms with Crippen molar-refractivity contribution in [3.05, 3.63) is 10.6 Å². The highest BCUT2D eigenvalue weighted by molar-refractivity contribution is 7.17. The summed E-state index contributed by atoms with van der Waals surface area (Å²) in [4.78, 5) is 18.6. The number of carbonyl (C=O) groups excluding carboxylic acids is 1. The molecule has 1 unspecified atom stereocenters. The summed E-state index contributed by atoms with van der Waals surface area (Å²) in [5.41, 5.74) is 0.874. The molecule has 1 aromatic heterocycles. The van der Waals surface area contributed by atoms with E-state index in [-0.39, 0.29) is 0 Å². The first-order chi connectivity index (χ1) is 8.74. The zero-order valence-electron chi connectivity index (χ0n) is 11.3. The molecule has 0 amide bonds. The summed E-state index contributed by atoms with van der Waals surface area (Å²) < 4.78 is 0. The molecule has 1 aliphatic heterocycles. The summed E-state index contributed by atoms with van der Waals surface area (Å²) in [6, 6.07) is 0. The lowest BCUT2D eigenvalue weighted by atomic mass is 9.96. The number of aromatic nitrogens is 1. The van der Waals surface area contributed by atoms with Gasteiger partial charge in [0, 0.05) is 13.1 Å². The Kier molecular flexibility index (Phi) is 4.75. The lowest BCUT2D eigenvalue weighted by Crippen LogP contribution is -2.24. The number of rotatable bonds is 4. The average Bonchev–Trinajstić information content (AvgIpc) is 2.59. The van der Waals surface area contributed by atoms with Crippen molar-refractivity contribution in [2.45, 2.75) is 46.0 Å². The Morgan fingerprint density at radius 2 is 2.28 bits per heavy atom. The molecule has 0 radical (unpaired) electrons. The number of nitrogens with zero attached hydrogens (tertiary/aromatic N) is 2. The summed E-state index contributed by atoms with van der Waals surface area (Å²) in [7, 11) is 0. The summed E-state index contributed by atoms with van der Waals surface area (Å²) in [6.07, 6.45) is 7.42. The molecule has 1 fully saturated rings. The zero-order chi connectivity index (χ0) is 13.0. The molecule has 1 aliphatic rings. The molecule has 3 nitrogen and oxygen atoms in total. The van der Waals surface area contributed by atoms with Crippen LogP contribution in [-0.4, -0.2) is 24.4 Å². The van der Waals surface area contributed by atoms with Crippen molar-refractivity contribution in [3.8, 4) is 0 Å². The van der Waals surface area contributed by atoms with E-state index < -0.39 is 0 Å². The van der Waals surface area contributed by atoms with Gasteiger partial charge in [-0.3, -0.25) is 4.79 Å². The van der Waals surface area contributed by atoms with Gasteiger partial charge in [-0.05, 0) is 32.1 Å². The average molecular weight is 266 g/mol. The first-order valence-electron chi connectivity index (χ1n) is 6.92. The van der Waals surface area contributed by atoms with Gasteiger partial charge in [-0.1, -0.05) is 31.1 Å². The van der Waals surface area contributed by atoms with E-state index in [2.05, 4.69) is 16.8 Å². The van der Waals surface area contributed by atoms with E-state index in [0.29, 0.717) is 0 Å². The van der Waals surface area contributed by atoms with Gasteiger partial charge in [-0.15, -0.1) is 0 Å². The van der Waals surface area contributed by atoms with Crippen molar-refractivity contribution in [1.29, 1.82) is 0 Å². The Bertz CT molecular complexity index is 402. The van der Waals surface area contributed by atoms with Crippen LogP contribution in [0.1, 0.15) is 54.4 Å². The third kappa shape index (κ3) is 3.10. The Morgan fingerprint density at radius 3 is 2.94 bits per heavy atom. The van der Waals surface area contributed by atoms with Gasteiger partial charge >= 0.3 is 0 Å². The van der Waals surface area contributed by atoms with Crippen LogP contribution in [0.5, 0.6) is 0 Å². The van der Waals surface area contributed by atoms with Crippen LogP contribution >= 0.6 is 11.3 Å². The Hall–Kier alpha value is -0.900. The Morgan fingerprint density at radius 1 is 1.44 bits per heavy atom. The van der Waals surface area contributed by atoms with Crippen molar-refractivity contribution in [2.24, 2.45) is 5.92 Å². The van der Waals surface area contributed by atoms with Gasteiger partial charge < -0.3 is 4.90 Å². The van der Waals surface area contributed by atoms with Crippen LogP contribution in [0.25, 0.3) is 0 Å². The lowest BCUT2D eigenvalue weighted by molar-refractivity contribution is 0.112. The van der Waals surface area contributed by atoms with Gasteiger partial charge in [0.2, 0.25) is 0 Å². The summed E-state index contributed by atoms with van der Waals surface area (Å²) >= 11 is 1.54. The number of anilines is 1. The molecular weight excluding hydrogens is 244 g/mol. The molecule has 0 bridgehead atoms. The van der Waals surface area contributed by atoms with Crippen molar-refractivity contribution < 1.29 is 4.79 Å². The summed E-state index contributed by atoms with van der Waals surface area (Å²) in [5.74, 6) is 0.881. The molecule has 0 aromatic carbocycles. The van der Waals surface area contributed by atoms with Crippen LogP contribution in [0.15, 0.2) is 0 Å². The highest BCUT2D eigenvalue weighted by Crippen LogP contribution is 2.29. The van der Waals surface area contributed by atoms with Crippen LogP contribution in [0.4, 0.5) is 5.13 Å². The SMILES string of the molecule is CCCC1CCCN(c2nc(C)c(C=O)s2)CC1. The monoisotopic (exact) mass is 266 g/mol. The van der Waals surface area contributed by atoms with E-state index in [1.807, 2.05) is 6.92 Å². The second kappa shape index (κ2) is 6.32. The maximum absolute atomic E-state index is 10.9. The first kappa shape index (κ1) is 13.5. The van der Waals surface area contributed by atoms with Crippen LogP contribution in [0.2, 0.25) is 0 Å². The molecule has 0 N–H and O–H groups in total. The molecule has 1 saturated heterocycles. The van der Waals surface area contributed by atoms with E-state index in [9.17, 15) is 4.79 Å². The van der Waals surface area contributed by atoms with E-state index in [0.717, 1.165) is 41.0 Å². The number of hydrogen-bond donors (Lipinski definition) is 0. The van der Waals surface area contributed by atoms with Crippen LogP contribution < -0.4 is 4.90 Å². The standard InChI is InChI=1S/C14H22N2OS/c1-3-5-12-6-4-8-16(9-7-12)14-15-11(2)13(10-17)18-14/h10,12H,3-9H2,1-2H3. The van der Waals surface area contributed by atoms with Gasteiger partial charge in [-0.2, -0.15) is 0 Å². The lowest BCUT2D eigenvalue weighted by Gasteiger charge is -2.19. The summed E-state index contributed by atoms with van der Waals surface area (Å²) in [6.45, 7) is 6.37. The van der Waals surface area contributed by atoms with E-state index in [4.69, 9.17) is 0 Å². The molecule has 1 atom stereocenters. The zero-order valence-corrected chi connectivity index (χ0v) is 12.1. The van der Waals surface area contributed by atoms with Gasteiger partial charge in [-0.25, -0.2) is 4.98 Å². The minimum absolute atomic E-state index is 0.777. The molecule has 0 aliphatic carbocycles. The molecule has 0 saturated carbocycles. The van der Waals surface area contributed by atoms with Gasteiger partial charge in [0.1, 0.15) is 0 Å². The number of hydrogen-bond acceptors (Lipinski definition) is 4. The van der Waals surface area contributed by atoms with Crippen molar-refractivity contribution in [2.75, 3.05) is 18.0 Å². The fourth-order valence-electron chi connectivity index (χ4n) is 2.69. The molecule has 2 heterocycles. The topological polar surface area (TPSA) is 33.2 Å². The summed E-state index contributed by atoms with van der Waals surface area (Å²) in [5, 5.41) is 1.03. The highest BCUT2D eigenvalue weighted by Gasteiger charge is 2.19. The number of thiazole rings is 1. The smallest absolute Gasteiger partial charge is 0.186 e. The molecule has 100 valence electrons. The minimum Gasteiger partial charge on any atom is -0.348 e. The highest BCUT2D eigenvalue weighted by atomic mass is 32.1. The second-order valence-corrected chi connectivity index (χ2v) is 6.15. The van der Waals surface area contributed by atoms with E-state index >= 15 is 0 Å². The third-order valence-corrected chi connectivity index (χ3v) is 4.89. The quantitative estimate of drug-likeness (QED) is 0.780. The first-order valence-corrected chi connectivity index (χ1v) is 7.73. The maximum Gasteiger partial charge on any atom is 0.186 e. The second-order valence-electron chi connectivity index (χ2n) is 5.14. The van der Waals surface area contributed by atoms with Gasteiger partial charge in [0.25, 0.3) is 0 Å². The van der Waals surface area contributed by atoms with Crippen molar-refractivity contribution >= 4 is 22.8 Å². The normalized spacial score (nSPS) is 20.8. The fraction of sp³-hybridized carbons (Fsp3) is 0.714. The van der Waals surface area contributed by atoms with E-state index in [1.54, 1.807) is 0 Å². The Labute approximate surface area is 113 Å². The molecule has 2 rings (SSSR count). The molecule has 4 heteroatoms. The predicted octanol–water partition coefficient (Wildman–Crippen LogP) is 3.67. The molecular formula is C14H22N2OS. The minimum atomic E-state index is 0.777. The van der Waals surface area contributed by atoms with Crippen LogP contribution in [0, 0.1) is 12.8 Å².